The fourth-order valence-electron chi connectivity index (χ4n) is 6.49. The molecule has 3 atom stereocenters. The van der Waals surface area contributed by atoms with Crippen LogP contribution in [0.4, 0.5) is 4.39 Å². The van der Waals surface area contributed by atoms with E-state index < -0.39 is 46.6 Å². The molecule has 1 heterocycles. The van der Waals surface area contributed by atoms with Crippen LogP contribution in [0.2, 0.25) is 0 Å². The summed E-state index contributed by atoms with van der Waals surface area (Å²) in [6.45, 7) is 20.2. The lowest BCUT2D eigenvalue weighted by Crippen LogP contribution is -2.89. The van der Waals surface area contributed by atoms with Gasteiger partial charge in [-0.3, -0.25) is 14.6 Å². The molecule has 16 nitrogen and oxygen atoms in total. The van der Waals surface area contributed by atoms with Gasteiger partial charge < -0.3 is 56.8 Å². The first-order valence-electron chi connectivity index (χ1n) is 18.4. The minimum Gasteiger partial charge on any atom is -0.369 e. The summed E-state index contributed by atoms with van der Waals surface area (Å²) in [4.78, 5) is 15.2. The molecule has 3 unspecified atom stereocenters. The van der Waals surface area contributed by atoms with E-state index in [0.29, 0.717) is 25.0 Å². The number of primary amides is 1. The summed E-state index contributed by atoms with van der Waals surface area (Å²) in [7, 11) is 6.06. The topological polar surface area (TPSA) is 258 Å². The van der Waals surface area contributed by atoms with Crippen LogP contribution < -0.4 is 5.73 Å². The van der Waals surface area contributed by atoms with Crippen molar-refractivity contribution in [1.29, 1.82) is 0 Å². The average Bonchev–Trinajstić information content (AvgIpc) is 3.28. The molecule has 53 heavy (non-hydrogen) atoms. The molecule has 0 bridgehead atoms. The third-order valence-electron chi connectivity index (χ3n) is 10.5. The van der Waals surface area contributed by atoms with Gasteiger partial charge >= 0.3 is 0 Å². The number of nitrogens with zero attached hydrogens (tertiary/aromatic N) is 4. The third kappa shape index (κ3) is 10.8. The Morgan fingerprint density at radius 1 is 0.981 bits per heavy atom. The first-order valence-corrected chi connectivity index (χ1v) is 18.4. The number of aliphatic hydroxyl groups is 10. The minimum absolute atomic E-state index is 0.0343. The first-order chi connectivity index (χ1) is 23.9. The zero-order valence-corrected chi connectivity index (χ0v) is 34.1. The average molecular weight is 770 g/mol. The van der Waals surface area contributed by atoms with Crippen molar-refractivity contribution in [2.45, 2.75) is 154 Å². The van der Waals surface area contributed by atoms with Crippen molar-refractivity contribution in [3.05, 3.63) is 23.8 Å². The Kier molecular flexibility index (Phi) is 18.8. The van der Waals surface area contributed by atoms with Crippen molar-refractivity contribution in [2.24, 2.45) is 23.5 Å². The molecule has 2 fully saturated rings. The number of rotatable bonds is 10. The maximum absolute atomic E-state index is 14.1. The summed E-state index contributed by atoms with van der Waals surface area (Å²) in [5, 5.41) is 101. The number of allylic oxidation sites excluding steroid dienone is 4. The van der Waals surface area contributed by atoms with Crippen LogP contribution in [0.5, 0.6) is 0 Å². The molecule has 0 aromatic carbocycles. The van der Waals surface area contributed by atoms with Gasteiger partial charge in [0, 0.05) is 33.1 Å². The van der Waals surface area contributed by atoms with E-state index in [1.54, 1.807) is 4.90 Å². The van der Waals surface area contributed by atoms with Crippen LogP contribution in [-0.4, -0.2) is 158 Å². The van der Waals surface area contributed by atoms with E-state index in [-0.39, 0.29) is 19.1 Å². The van der Waals surface area contributed by atoms with Gasteiger partial charge in [-0.2, -0.15) is 0 Å². The highest BCUT2D eigenvalue weighted by Crippen LogP contribution is 2.54. The van der Waals surface area contributed by atoms with Crippen LogP contribution in [0.1, 0.15) is 101 Å². The summed E-state index contributed by atoms with van der Waals surface area (Å²) in [5.74, 6) is -22.7. The van der Waals surface area contributed by atoms with Gasteiger partial charge in [0.1, 0.15) is 0 Å². The molecule has 0 radical (unpaired) electrons. The van der Waals surface area contributed by atoms with Crippen LogP contribution in [0.3, 0.4) is 0 Å². The molecular weight excluding hydrogens is 697 g/mol. The van der Waals surface area contributed by atoms with Crippen molar-refractivity contribution in [3.8, 4) is 0 Å². The summed E-state index contributed by atoms with van der Waals surface area (Å²) >= 11 is 0. The Bertz CT molecular complexity index is 1180. The summed E-state index contributed by atoms with van der Waals surface area (Å²) in [6, 6.07) is 0.195. The second-order valence-electron chi connectivity index (χ2n) is 15.1. The smallest absolute Gasteiger partial charge is 0.260 e. The predicted molar refractivity (Wildman–Crippen MR) is 198 cm³/mol. The van der Waals surface area contributed by atoms with Gasteiger partial charge in [-0.15, -0.1) is 0 Å². The minimum atomic E-state index is -4.36. The zero-order valence-electron chi connectivity index (χ0n) is 34.1. The number of halogens is 1. The van der Waals surface area contributed by atoms with Crippen LogP contribution in [0.25, 0.3) is 0 Å². The molecule has 0 aromatic heterocycles. The van der Waals surface area contributed by atoms with Gasteiger partial charge in [0.2, 0.25) is 29.1 Å². The Morgan fingerprint density at radius 3 is 1.79 bits per heavy atom. The standard InChI is InChI=1S/C21H40N4O2.C8H14FNO9.C5H12.C2H6/c1-16(2)20-24(7)23(6)18(4)25(20)17(3)15-22(5)21(26,27)14-13-19-11-9-8-10-12-19;1-4(9)7(16,17)5(12,13)2(3(10)11)6(14,15)8(4,18)19;1-4-5(2)3;1-2/h8-9,11,16-18,20,26-27H,10,12-15H2,1-7H3;2,12-19H,1H3,(H2,10,11);5H,4H2,1-3H3;1-2H3. The molecule has 1 aliphatic heterocycles. The Labute approximate surface area is 315 Å². The van der Waals surface area contributed by atoms with E-state index in [4.69, 9.17) is 0 Å². The lowest BCUT2D eigenvalue weighted by molar-refractivity contribution is -0.535. The lowest BCUT2D eigenvalue weighted by atomic mass is 9.63. The normalized spacial score (nSPS) is 28.7. The van der Waals surface area contributed by atoms with Gasteiger partial charge in [-0.1, -0.05) is 78.7 Å². The highest BCUT2D eigenvalue weighted by molar-refractivity contribution is 5.79. The number of amides is 1. The van der Waals surface area contributed by atoms with Gasteiger partial charge in [-0.25, -0.2) is 14.4 Å². The van der Waals surface area contributed by atoms with E-state index in [1.807, 2.05) is 20.9 Å². The fraction of sp³-hybridized carbons (Fsp3) is 0.861. The fourth-order valence-corrected chi connectivity index (χ4v) is 6.49. The van der Waals surface area contributed by atoms with E-state index in [1.165, 1.54) is 12.0 Å². The summed E-state index contributed by atoms with van der Waals surface area (Å²) < 4.78 is 14.1. The van der Waals surface area contributed by atoms with Gasteiger partial charge in [0.05, 0.1) is 12.3 Å². The van der Waals surface area contributed by atoms with Crippen molar-refractivity contribution in [3.63, 3.8) is 0 Å². The van der Waals surface area contributed by atoms with Crippen LogP contribution in [-0.2, 0) is 4.79 Å². The Morgan fingerprint density at radius 2 is 1.43 bits per heavy atom. The second kappa shape index (κ2) is 19.5. The lowest BCUT2D eigenvalue weighted by Gasteiger charge is -2.59. The van der Waals surface area contributed by atoms with Gasteiger partial charge in [0.15, 0.2) is 5.92 Å². The molecule has 314 valence electrons. The molecule has 1 saturated heterocycles. The van der Waals surface area contributed by atoms with E-state index in [9.17, 15) is 60.3 Å². The Balaban J connectivity index is 0.000000904. The van der Waals surface area contributed by atoms with Crippen LogP contribution in [0, 0.1) is 17.8 Å². The van der Waals surface area contributed by atoms with Crippen molar-refractivity contribution in [2.75, 3.05) is 27.7 Å². The number of alkyl halides is 1. The third-order valence-corrected chi connectivity index (χ3v) is 10.5. The number of carbonyl (C=O) groups excluding carboxylic acids is 1. The molecule has 3 rings (SSSR count). The monoisotopic (exact) mass is 770 g/mol. The zero-order chi connectivity index (χ0) is 42.3. The number of nitrogens with two attached hydrogens (primary N) is 1. The SMILES string of the molecule is CC.CC(C)C1N(C(C)CN(C)C(O)(O)CCC2=CC=CCC2)C(C)N(C)N1C.CC1(F)C(O)(O)C(O)(O)C(C(N)=O)C(O)(O)C1(O)O.CCC(C)C. The van der Waals surface area contributed by atoms with Crippen LogP contribution in [0.15, 0.2) is 23.8 Å². The molecule has 0 spiro atoms. The molecule has 17 heteroatoms. The highest BCUT2D eigenvalue weighted by Gasteiger charge is 2.85. The molecule has 3 aliphatic rings. The van der Waals surface area contributed by atoms with Crippen molar-refractivity contribution in [1.82, 2.24) is 19.8 Å². The second-order valence-corrected chi connectivity index (χ2v) is 15.1. The molecule has 2 aliphatic carbocycles. The van der Waals surface area contributed by atoms with Crippen molar-refractivity contribution < 1.29 is 60.3 Å². The van der Waals surface area contributed by atoms with E-state index in [0.717, 1.165) is 25.2 Å². The quantitative estimate of drug-likeness (QED) is 0.131. The van der Waals surface area contributed by atoms with E-state index in [2.05, 4.69) is 101 Å². The number of hydrogen-bond donors (Lipinski definition) is 11. The molecule has 1 amide bonds. The first kappa shape index (κ1) is 51.3. The van der Waals surface area contributed by atoms with Crippen LogP contribution >= 0.6 is 0 Å². The highest BCUT2D eigenvalue weighted by atomic mass is 19.1. The summed E-state index contributed by atoms with van der Waals surface area (Å²) in [6.07, 6.45) is 11.3. The largest absolute Gasteiger partial charge is 0.369 e. The maximum atomic E-state index is 14.1. The molecular formula is C36H72FN5O11. The maximum Gasteiger partial charge on any atom is 0.260 e. The van der Waals surface area contributed by atoms with E-state index >= 15 is 0 Å². The molecule has 12 N–H and O–H groups in total. The van der Waals surface area contributed by atoms with Gasteiger partial charge in [0.25, 0.3) is 11.6 Å². The summed E-state index contributed by atoms with van der Waals surface area (Å²) in [5.41, 5.74) is 1.72. The number of likely N-dealkylation sites (N-methyl/N-ethyl adjacent to an activating group) is 1. The Hall–Kier alpha value is -1.68. The number of hydrazine groups is 1. The van der Waals surface area contributed by atoms with Crippen molar-refractivity contribution >= 4 is 5.91 Å². The molecule has 1 saturated carbocycles. The number of carbonyl (C=O) groups is 1. The predicted octanol–water partition coefficient (Wildman–Crippen LogP) is 0.0559. The van der Waals surface area contributed by atoms with Gasteiger partial charge in [-0.05, 0) is 58.9 Å². The molecule has 0 aromatic rings. The number of hydrogen-bond acceptors (Lipinski definition) is 15.